The zero-order valence-corrected chi connectivity index (χ0v) is 22.4. The van der Waals surface area contributed by atoms with Crippen molar-refractivity contribution in [2.45, 2.75) is 50.7 Å². The number of aromatic nitrogens is 1. The monoisotopic (exact) mass is 545 g/mol. The van der Waals surface area contributed by atoms with Gasteiger partial charge in [0, 0.05) is 32.4 Å². The number of hydrogen-bond acceptors (Lipinski definition) is 5. The molecule has 5 nitrogen and oxygen atoms in total. The first kappa shape index (κ1) is 25.5. The average molecular weight is 547 g/mol. The highest BCUT2D eigenvalue weighted by molar-refractivity contribution is 9.10. The molecule has 0 aliphatic heterocycles. The fraction of sp³-hybridized carbons (Fsp3) is 0.320. The molecule has 33 heavy (non-hydrogen) atoms. The van der Waals surface area contributed by atoms with Crippen molar-refractivity contribution in [1.29, 1.82) is 0 Å². The molecular weight excluding hydrogens is 518 g/mol. The van der Waals surface area contributed by atoms with Gasteiger partial charge in [0.15, 0.2) is 5.13 Å². The van der Waals surface area contributed by atoms with Crippen LogP contribution in [0.15, 0.2) is 63.3 Å². The van der Waals surface area contributed by atoms with E-state index in [9.17, 15) is 9.59 Å². The summed E-state index contributed by atoms with van der Waals surface area (Å²) in [7, 11) is 0. The fourth-order valence-electron chi connectivity index (χ4n) is 3.09. The maximum Gasteiger partial charge on any atom is 0.239 e. The van der Waals surface area contributed by atoms with Gasteiger partial charge in [-0.1, -0.05) is 61.8 Å². The van der Waals surface area contributed by atoms with Crippen LogP contribution in [0.25, 0.3) is 11.3 Å². The average Bonchev–Trinajstić information content (AvgIpc) is 3.19. The Balaban J connectivity index is 1.62. The molecule has 0 radical (unpaired) electrons. The van der Waals surface area contributed by atoms with Gasteiger partial charge in [-0.3, -0.25) is 9.59 Å². The molecule has 0 bridgehead atoms. The molecule has 2 N–H and O–H groups in total. The van der Waals surface area contributed by atoms with Crippen molar-refractivity contribution in [2.75, 3.05) is 10.6 Å². The topological polar surface area (TPSA) is 71.1 Å². The van der Waals surface area contributed by atoms with Crippen LogP contribution in [0, 0.1) is 5.41 Å². The third kappa shape index (κ3) is 7.98. The maximum atomic E-state index is 12.9. The number of nitrogens with one attached hydrogen (secondary N) is 2. The minimum absolute atomic E-state index is 0.0141. The highest BCUT2D eigenvalue weighted by Crippen LogP contribution is 2.30. The Bertz CT molecular complexity index is 1110. The van der Waals surface area contributed by atoms with Crippen LogP contribution < -0.4 is 10.6 Å². The number of rotatable bonds is 8. The van der Waals surface area contributed by atoms with Crippen LogP contribution >= 0.6 is 39.0 Å². The Labute approximate surface area is 211 Å². The smallest absolute Gasteiger partial charge is 0.239 e. The Hall–Kier alpha value is -2.16. The van der Waals surface area contributed by atoms with Crippen LogP contribution in [-0.2, 0) is 9.59 Å². The molecule has 2 aromatic carbocycles. The second-order valence-corrected chi connectivity index (χ2v) is 11.9. The molecule has 0 saturated carbocycles. The van der Waals surface area contributed by atoms with E-state index >= 15 is 0 Å². The van der Waals surface area contributed by atoms with Gasteiger partial charge in [-0.05, 0) is 42.2 Å². The molecule has 8 heteroatoms. The second kappa shape index (κ2) is 11.3. The Morgan fingerprint density at radius 3 is 2.52 bits per heavy atom. The first-order chi connectivity index (χ1) is 15.6. The molecule has 1 unspecified atom stereocenters. The van der Waals surface area contributed by atoms with E-state index in [1.54, 1.807) is 0 Å². The summed E-state index contributed by atoms with van der Waals surface area (Å²) in [5.74, 6) is -0.0961. The van der Waals surface area contributed by atoms with E-state index in [0.29, 0.717) is 18.0 Å². The molecule has 3 rings (SSSR count). The lowest BCUT2D eigenvalue weighted by Gasteiger charge is -2.18. The lowest BCUT2D eigenvalue weighted by Crippen LogP contribution is -2.24. The van der Waals surface area contributed by atoms with E-state index in [-0.39, 0.29) is 22.5 Å². The van der Waals surface area contributed by atoms with Gasteiger partial charge in [-0.2, -0.15) is 0 Å². The van der Waals surface area contributed by atoms with Crippen molar-refractivity contribution < 1.29 is 9.59 Å². The summed E-state index contributed by atoms with van der Waals surface area (Å²) in [6.45, 7) is 8.09. The molecule has 0 aliphatic carbocycles. The summed E-state index contributed by atoms with van der Waals surface area (Å²) >= 11 is 6.33. The molecule has 0 aliphatic rings. The minimum atomic E-state index is -0.273. The summed E-state index contributed by atoms with van der Waals surface area (Å²) in [4.78, 5) is 30.7. The van der Waals surface area contributed by atoms with Gasteiger partial charge in [0.1, 0.15) is 0 Å². The van der Waals surface area contributed by atoms with Crippen LogP contribution in [0.3, 0.4) is 0 Å². The number of amides is 2. The molecule has 3 aromatic rings. The molecule has 2 amide bonds. The van der Waals surface area contributed by atoms with Crippen LogP contribution in [0.5, 0.6) is 0 Å². The third-order valence-corrected chi connectivity index (χ3v) is 7.27. The highest BCUT2D eigenvalue weighted by atomic mass is 79.9. The summed E-state index contributed by atoms with van der Waals surface area (Å²) in [6.07, 6.45) is 1.11. The summed E-state index contributed by atoms with van der Waals surface area (Å²) < 4.78 is 1.01. The first-order valence-corrected chi connectivity index (χ1v) is 13.3. The maximum absolute atomic E-state index is 12.9. The van der Waals surface area contributed by atoms with Crippen LogP contribution in [0.4, 0.5) is 10.8 Å². The van der Waals surface area contributed by atoms with E-state index in [1.807, 2.05) is 81.6 Å². The molecule has 1 heterocycles. The van der Waals surface area contributed by atoms with Gasteiger partial charge in [0.05, 0.1) is 10.9 Å². The zero-order valence-electron chi connectivity index (χ0n) is 19.1. The first-order valence-electron chi connectivity index (χ1n) is 10.7. The van der Waals surface area contributed by atoms with Crippen molar-refractivity contribution in [3.05, 3.63) is 58.4 Å². The molecule has 1 aromatic heterocycles. The minimum Gasteiger partial charge on any atom is -0.326 e. The number of anilines is 2. The molecule has 1 atom stereocenters. The van der Waals surface area contributed by atoms with Crippen LogP contribution in [0.1, 0.15) is 40.5 Å². The number of hydrogen-bond donors (Lipinski definition) is 2. The highest BCUT2D eigenvalue weighted by Gasteiger charge is 2.20. The Morgan fingerprint density at radius 2 is 1.85 bits per heavy atom. The van der Waals surface area contributed by atoms with E-state index < -0.39 is 0 Å². The lowest BCUT2D eigenvalue weighted by molar-refractivity contribution is -0.118. The predicted octanol–water partition coefficient (Wildman–Crippen LogP) is 7.46. The quantitative estimate of drug-likeness (QED) is 0.288. The second-order valence-electron chi connectivity index (χ2n) is 8.86. The number of benzene rings is 2. The molecule has 0 fully saturated rings. The van der Waals surface area contributed by atoms with Crippen molar-refractivity contribution in [3.8, 4) is 11.3 Å². The largest absolute Gasteiger partial charge is 0.326 e. The van der Waals surface area contributed by atoms with E-state index in [2.05, 4.69) is 31.5 Å². The summed E-state index contributed by atoms with van der Waals surface area (Å²) in [6, 6.07) is 15.5. The standard InChI is InChI=1S/C25H28BrN3O2S2/c1-5-21(33-19-8-6-7-18(13-19)27-22(30)14-25(2,3)4)23(31)29-24-28-20(15-32-24)16-9-11-17(26)12-10-16/h6-13,15,21H,5,14H2,1-4H3,(H,27,30)(H,28,29,31). The third-order valence-electron chi connectivity index (χ3n) is 4.62. The Morgan fingerprint density at radius 1 is 1.12 bits per heavy atom. The van der Waals surface area contributed by atoms with Gasteiger partial charge < -0.3 is 10.6 Å². The molecule has 174 valence electrons. The van der Waals surface area contributed by atoms with Crippen molar-refractivity contribution in [2.24, 2.45) is 5.41 Å². The van der Waals surface area contributed by atoms with E-state index in [0.717, 1.165) is 26.3 Å². The van der Waals surface area contributed by atoms with Gasteiger partial charge in [0.25, 0.3) is 0 Å². The van der Waals surface area contributed by atoms with Gasteiger partial charge >= 0.3 is 0 Å². The van der Waals surface area contributed by atoms with Gasteiger partial charge in [-0.15, -0.1) is 23.1 Å². The molecular formula is C25H28BrN3O2S2. The lowest BCUT2D eigenvalue weighted by atomic mass is 9.92. The van der Waals surface area contributed by atoms with Gasteiger partial charge in [0.2, 0.25) is 11.8 Å². The number of nitrogens with zero attached hydrogens (tertiary/aromatic N) is 1. The predicted molar refractivity (Wildman–Crippen MR) is 143 cm³/mol. The summed E-state index contributed by atoms with van der Waals surface area (Å²) in [5, 5.41) is 8.16. The molecule has 0 spiro atoms. The van der Waals surface area contributed by atoms with E-state index in [1.165, 1.54) is 23.1 Å². The van der Waals surface area contributed by atoms with Crippen molar-refractivity contribution in [3.63, 3.8) is 0 Å². The zero-order chi connectivity index (χ0) is 24.0. The normalized spacial score (nSPS) is 12.3. The SMILES string of the molecule is CCC(Sc1cccc(NC(=O)CC(C)(C)C)c1)C(=O)Nc1nc(-c2ccc(Br)cc2)cs1. The number of thiazole rings is 1. The van der Waals surface area contributed by atoms with Crippen molar-refractivity contribution >= 4 is 61.7 Å². The molecule has 0 saturated heterocycles. The van der Waals surface area contributed by atoms with Crippen LogP contribution in [0.2, 0.25) is 0 Å². The van der Waals surface area contributed by atoms with Crippen LogP contribution in [-0.4, -0.2) is 22.0 Å². The number of carbonyl (C=O) groups is 2. The Kier molecular flexibility index (Phi) is 8.73. The van der Waals surface area contributed by atoms with Crippen molar-refractivity contribution in [1.82, 2.24) is 4.98 Å². The number of carbonyl (C=O) groups excluding carboxylic acids is 2. The number of thioether (sulfide) groups is 1. The fourth-order valence-corrected chi connectivity index (χ4v) is 5.09. The number of halogens is 1. The van der Waals surface area contributed by atoms with Gasteiger partial charge in [-0.25, -0.2) is 4.98 Å². The summed E-state index contributed by atoms with van der Waals surface area (Å²) in [5.41, 5.74) is 2.50. The van der Waals surface area contributed by atoms with E-state index in [4.69, 9.17) is 0 Å².